The normalized spacial score (nSPS) is 10.3. The van der Waals surface area contributed by atoms with Crippen molar-refractivity contribution in [1.29, 1.82) is 0 Å². The van der Waals surface area contributed by atoms with Crippen molar-refractivity contribution in [3.05, 3.63) is 46.2 Å². The maximum atomic E-state index is 5.77. The van der Waals surface area contributed by atoms with E-state index in [2.05, 4.69) is 16.8 Å². The predicted octanol–water partition coefficient (Wildman–Crippen LogP) is 2.84. The molecule has 0 atom stereocenters. The van der Waals surface area contributed by atoms with Gasteiger partial charge in [-0.1, -0.05) is 6.07 Å². The van der Waals surface area contributed by atoms with Gasteiger partial charge < -0.3 is 15.2 Å². The lowest BCUT2D eigenvalue weighted by Crippen LogP contribution is -2.03. The third-order valence-electron chi connectivity index (χ3n) is 2.69. The van der Waals surface area contributed by atoms with Gasteiger partial charge in [0.15, 0.2) is 11.5 Å². The van der Waals surface area contributed by atoms with E-state index in [1.165, 1.54) is 5.56 Å². The van der Waals surface area contributed by atoms with Crippen LogP contribution in [0, 0.1) is 0 Å². The quantitative estimate of drug-likeness (QED) is 0.871. The van der Waals surface area contributed by atoms with Crippen LogP contribution in [0.25, 0.3) is 0 Å². The fourth-order valence-electron chi connectivity index (χ4n) is 1.67. The molecule has 0 fully saturated rings. The molecule has 4 heteroatoms. The van der Waals surface area contributed by atoms with Gasteiger partial charge in [0.2, 0.25) is 0 Å². The first-order valence-electron chi connectivity index (χ1n) is 5.84. The van der Waals surface area contributed by atoms with Crippen LogP contribution in [-0.4, -0.2) is 13.7 Å². The Morgan fingerprint density at radius 2 is 2.06 bits per heavy atom. The summed E-state index contributed by atoms with van der Waals surface area (Å²) in [4.78, 5) is 0. The van der Waals surface area contributed by atoms with Crippen LogP contribution in [0.2, 0.25) is 0 Å². The molecule has 0 saturated carbocycles. The molecule has 0 unspecified atom stereocenters. The zero-order valence-corrected chi connectivity index (χ0v) is 11.2. The number of hydrogen-bond donors (Lipinski definition) is 1. The average molecular weight is 263 g/mol. The molecule has 0 aliphatic carbocycles. The summed E-state index contributed by atoms with van der Waals surface area (Å²) in [5.74, 6) is 1.51. The summed E-state index contributed by atoms with van der Waals surface area (Å²) in [7, 11) is 1.64. The largest absolute Gasteiger partial charge is 0.493 e. The molecule has 3 nitrogen and oxygen atoms in total. The van der Waals surface area contributed by atoms with Crippen LogP contribution in [0.4, 0.5) is 0 Å². The number of benzene rings is 1. The predicted molar refractivity (Wildman–Crippen MR) is 74.4 cm³/mol. The van der Waals surface area contributed by atoms with Gasteiger partial charge >= 0.3 is 0 Å². The molecule has 0 bridgehead atoms. The Bertz CT molecular complexity index is 483. The van der Waals surface area contributed by atoms with Gasteiger partial charge in [0.05, 0.1) is 13.7 Å². The van der Waals surface area contributed by atoms with Gasteiger partial charge in [0.1, 0.15) is 0 Å². The summed E-state index contributed by atoms with van der Waals surface area (Å²) < 4.78 is 11.0. The van der Waals surface area contributed by atoms with Crippen LogP contribution < -0.4 is 15.2 Å². The van der Waals surface area contributed by atoms with Crippen LogP contribution in [0.3, 0.4) is 0 Å². The molecule has 1 heterocycles. The minimum absolute atomic E-state index is 0.505. The lowest BCUT2D eigenvalue weighted by atomic mass is 10.2. The number of hydrogen-bond acceptors (Lipinski definition) is 4. The topological polar surface area (TPSA) is 44.5 Å². The van der Waals surface area contributed by atoms with Crippen LogP contribution in [0.1, 0.15) is 11.1 Å². The van der Waals surface area contributed by atoms with Gasteiger partial charge in [-0.3, -0.25) is 0 Å². The maximum Gasteiger partial charge on any atom is 0.161 e. The fourth-order valence-corrected chi connectivity index (χ4v) is 2.38. The second kappa shape index (κ2) is 6.42. The lowest BCUT2D eigenvalue weighted by Gasteiger charge is -2.11. The number of ether oxygens (including phenoxy) is 2. The Labute approximate surface area is 111 Å². The Morgan fingerprint density at radius 1 is 1.17 bits per heavy atom. The molecule has 96 valence electrons. The van der Waals surface area contributed by atoms with Crippen molar-refractivity contribution in [2.24, 2.45) is 5.73 Å². The number of nitrogens with two attached hydrogens (primary N) is 1. The van der Waals surface area contributed by atoms with Crippen molar-refractivity contribution in [3.63, 3.8) is 0 Å². The Morgan fingerprint density at radius 3 is 2.72 bits per heavy atom. The van der Waals surface area contributed by atoms with Crippen molar-refractivity contribution in [2.75, 3.05) is 13.7 Å². The number of rotatable bonds is 6. The van der Waals surface area contributed by atoms with Crippen molar-refractivity contribution >= 4 is 11.3 Å². The summed E-state index contributed by atoms with van der Waals surface area (Å²) in [6.07, 6.45) is 0.902. The second-order valence-corrected chi connectivity index (χ2v) is 4.70. The van der Waals surface area contributed by atoms with Gasteiger partial charge in [0.25, 0.3) is 0 Å². The van der Waals surface area contributed by atoms with Gasteiger partial charge in [0, 0.05) is 13.0 Å². The van der Waals surface area contributed by atoms with Gasteiger partial charge in [-0.25, -0.2) is 0 Å². The SMILES string of the molecule is COc1ccc(CN)cc1OCCc1ccsc1. The standard InChI is InChI=1S/C14H17NO2S/c1-16-13-3-2-12(9-15)8-14(13)17-6-4-11-5-7-18-10-11/h2-3,5,7-8,10H,4,6,9,15H2,1H3. The summed E-state index contributed by atoms with van der Waals surface area (Å²) >= 11 is 1.70. The third kappa shape index (κ3) is 3.24. The van der Waals surface area contributed by atoms with E-state index in [-0.39, 0.29) is 0 Å². The number of thiophene rings is 1. The molecule has 0 radical (unpaired) electrons. The summed E-state index contributed by atoms with van der Waals surface area (Å²) in [6.45, 7) is 1.14. The highest BCUT2D eigenvalue weighted by atomic mass is 32.1. The molecule has 0 aliphatic heterocycles. The van der Waals surface area contributed by atoms with E-state index in [1.54, 1.807) is 18.4 Å². The fraction of sp³-hybridized carbons (Fsp3) is 0.286. The van der Waals surface area contributed by atoms with E-state index in [0.29, 0.717) is 13.2 Å². The first-order chi connectivity index (χ1) is 8.83. The van der Waals surface area contributed by atoms with Gasteiger partial charge in [-0.2, -0.15) is 11.3 Å². The second-order valence-electron chi connectivity index (χ2n) is 3.92. The van der Waals surface area contributed by atoms with E-state index in [0.717, 1.165) is 23.5 Å². The molecule has 0 spiro atoms. The molecule has 2 N–H and O–H groups in total. The molecule has 18 heavy (non-hydrogen) atoms. The smallest absolute Gasteiger partial charge is 0.161 e. The maximum absolute atomic E-state index is 5.77. The minimum Gasteiger partial charge on any atom is -0.493 e. The molecular weight excluding hydrogens is 246 g/mol. The van der Waals surface area contributed by atoms with E-state index >= 15 is 0 Å². The van der Waals surface area contributed by atoms with Crippen molar-refractivity contribution in [2.45, 2.75) is 13.0 Å². The molecule has 0 aliphatic rings. The van der Waals surface area contributed by atoms with Crippen LogP contribution in [0.5, 0.6) is 11.5 Å². The van der Waals surface area contributed by atoms with Crippen molar-refractivity contribution < 1.29 is 9.47 Å². The van der Waals surface area contributed by atoms with E-state index in [9.17, 15) is 0 Å². The lowest BCUT2D eigenvalue weighted by molar-refractivity contribution is 0.297. The van der Waals surface area contributed by atoms with Crippen LogP contribution in [0.15, 0.2) is 35.0 Å². The zero-order chi connectivity index (χ0) is 12.8. The molecule has 1 aromatic carbocycles. The average Bonchev–Trinajstić information content (AvgIpc) is 2.92. The Kier molecular flexibility index (Phi) is 4.61. The van der Waals surface area contributed by atoms with E-state index in [1.807, 2.05) is 18.2 Å². The first kappa shape index (κ1) is 12.9. The Balaban J connectivity index is 1.98. The molecule has 0 amide bonds. The Hall–Kier alpha value is -1.52. The molecular formula is C14H17NO2S. The van der Waals surface area contributed by atoms with Crippen molar-refractivity contribution in [1.82, 2.24) is 0 Å². The monoisotopic (exact) mass is 263 g/mol. The minimum atomic E-state index is 0.505. The van der Waals surface area contributed by atoms with Crippen molar-refractivity contribution in [3.8, 4) is 11.5 Å². The van der Waals surface area contributed by atoms with E-state index in [4.69, 9.17) is 15.2 Å². The van der Waals surface area contributed by atoms with Gasteiger partial charge in [-0.05, 0) is 40.1 Å². The van der Waals surface area contributed by atoms with Crippen LogP contribution >= 0.6 is 11.3 Å². The third-order valence-corrected chi connectivity index (χ3v) is 3.42. The van der Waals surface area contributed by atoms with Gasteiger partial charge in [-0.15, -0.1) is 0 Å². The molecule has 1 aromatic heterocycles. The highest BCUT2D eigenvalue weighted by molar-refractivity contribution is 7.07. The highest BCUT2D eigenvalue weighted by Gasteiger charge is 2.05. The summed E-state index contributed by atoms with van der Waals surface area (Å²) in [6, 6.07) is 7.89. The summed E-state index contributed by atoms with van der Waals surface area (Å²) in [5.41, 5.74) is 7.96. The summed E-state index contributed by atoms with van der Waals surface area (Å²) in [5, 5.41) is 4.21. The van der Waals surface area contributed by atoms with E-state index < -0.39 is 0 Å². The highest BCUT2D eigenvalue weighted by Crippen LogP contribution is 2.28. The molecule has 0 saturated heterocycles. The first-order valence-corrected chi connectivity index (χ1v) is 6.78. The van der Waals surface area contributed by atoms with Crippen LogP contribution in [-0.2, 0) is 13.0 Å². The molecule has 2 aromatic rings. The number of methoxy groups -OCH3 is 1. The molecule has 2 rings (SSSR count). The zero-order valence-electron chi connectivity index (χ0n) is 10.4.